The van der Waals surface area contributed by atoms with Crippen molar-refractivity contribution in [1.29, 1.82) is 0 Å². The van der Waals surface area contributed by atoms with Crippen LogP contribution in [-0.4, -0.2) is 25.5 Å². The second-order valence-corrected chi connectivity index (χ2v) is 3.52. The molecule has 5 heteroatoms. The number of benzene rings is 1. The molecule has 2 rings (SSSR count). The predicted octanol–water partition coefficient (Wildman–Crippen LogP) is 0.515. The Hall–Kier alpha value is -1.88. The Bertz CT molecular complexity index is 443. The molecular formula is C11H12N2O3. The van der Waals surface area contributed by atoms with Gasteiger partial charge in [-0.15, -0.1) is 0 Å². The number of hydrogen-bond acceptors (Lipinski definition) is 4. The van der Waals surface area contributed by atoms with Gasteiger partial charge in [-0.25, -0.2) is 4.79 Å². The van der Waals surface area contributed by atoms with E-state index in [9.17, 15) is 9.59 Å². The molecule has 0 saturated carbocycles. The van der Waals surface area contributed by atoms with E-state index in [1.54, 1.807) is 18.2 Å². The van der Waals surface area contributed by atoms with E-state index in [0.29, 0.717) is 17.8 Å². The Morgan fingerprint density at radius 2 is 2.19 bits per heavy atom. The first-order valence-corrected chi connectivity index (χ1v) is 4.92. The zero-order valence-corrected chi connectivity index (χ0v) is 8.87. The van der Waals surface area contributed by atoms with Crippen molar-refractivity contribution in [1.82, 2.24) is 5.32 Å². The van der Waals surface area contributed by atoms with E-state index >= 15 is 0 Å². The number of esters is 1. The number of hydrogen-bond donors (Lipinski definition) is 2. The fourth-order valence-electron chi connectivity index (χ4n) is 1.60. The van der Waals surface area contributed by atoms with Crippen molar-refractivity contribution in [3.8, 4) is 0 Å². The van der Waals surface area contributed by atoms with Gasteiger partial charge >= 0.3 is 5.97 Å². The van der Waals surface area contributed by atoms with E-state index in [4.69, 9.17) is 0 Å². The van der Waals surface area contributed by atoms with E-state index in [1.807, 2.05) is 0 Å². The van der Waals surface area contributed by atoms with Crippen LogP contribution < -0.4 is 10.6 Å². The average Bonchev–Trinajstić information content (AvgIpc) is 2.47. The fourth-order valence-corrected chi connectivity index (χ4v) is 1.60. The molecule has 0 spiro atoms. The number of carbonyl (C=O) groups excluding carboxylic acids is 2. The molecule has 0 bridgehead atoms. The Labute approximate surface area is 92.8 Å². The summed E-state index contributed by atoms with van der Waals surface area (Å²) >= 11 is 0. The molecule has 0 saturated heterocycles. The van der Waals surface area contributed by atoms with Crippen LogP contribution in [-0.2, 0) is 16.1 Å². The van der Waals surface area contributed by atoms with Crippen LogP contribution in [0.2, 0.25) is 0 Å². The van der Waals surface area contributed by atoms with E-state index in [0.717, 1.165) is 5.56 Å². The summed E-state index contributed by atoms with van der Waals surface area (Å²) in [5.74, 6) is -0.518. The average molecular weight is 220 g/mol. The summed E-state index contributed by atoms with van der Waals surface area (Å²) in [6.07, 6.45) is 0. The molecule has 1 aromatic rings. The molecule has 1 aromatic carbocycles. The molecule has 16 heavy (non-hydrogen) atoms. The first-order valence-electron chi connectivity index (χ1n) is 4.92. The lowest BCUT2D eigenvalue weighted by molar-refractivity contribution is -0.115. The number of ether oxygens (including phenoxy) is 1. The maximum Gasteiger partial charge on any atom is 0.337 e. The van der Waals surface area contributed by atoms with Crippen LogP contribution in [0.4, 0.5) is 5.69 Å². The van der Waals surface area contributed by atoms with Gasteiger partial charge in [0.05, 0.1) is 19.2 Å². The van der Waals surface area contributed by atoms with Gasteiger partial charge in [-0.2, -0.15) is 0 Å². The summed E-state index contributed by atoms with van der Waals surface area (Å²) < 4.78 is 4.62. The summed E-state index contributed by atoms with van der Waals surface area (Å²) in [6.45, 7) is 0.887. The topological polar surface area (TPSA) is 67.4 Å². The number of amides is 1. The lowest BCUT2D eigenvalue weighted by Crippen LogP contribution is -2.23. The highest BCUT2D eigenvalue weighted by Crippen LogP contribution is 2.19. The molecule has 84 valence electrons. The Kier molecular flexibility index (Phi) is 2.87. The van der Waals surface area contributed by atoms with Crippen molar-refractivity contribution >= 4 is 17.6 Å². The molecule has 1 amide bonds. The molecule has 2 N–H and O–H groups in total. The van der Waals surface area contributed by atoms with Crippen molar-refractivity contribution in [2.24, 2.45) is 0 Å². The lowest BCUT2D eigenvalue weighted by atomic mass is 10.1. The first kappa shape index (κ1) is 10.6. The number of nitrogens with one attached hydrogen (secondary N) is 2. The van der Waals surface area contributed by atoms with Crippen LogP contribution in [0.5, 0.6) is 0 Å². The molecule has 5 nitrogen and oxygen atoms in total. The van der Waals surface area contributed by atoms with Crippen molar-refractivity contribution in [3.63, 3.8) is 0 Å². The summed E-state index contributed by atoms with van der Waals surface area (Å²) in [6, 6.07) is 5.12. The maximum absolute atomic E-state index is 11.3. The van der Waals surface area contributed by atoms with Crippen LogP contribution in [0.15, 0.2) is 18.2 Å². The normalized spacial score (nSPS) is 14.7. The van der Waals surface area contributed by atoms with Gasteiger partial charge in [0, 0.05) is 12.2 Å². The number of fused-ring (bicyclic) bond motifs is 1. The highest BCUT2D eigenvalue weighted by molar-refractivity contribution is 5.96. The van der Waals surface area contributed by atoms with E-state index in [1.165, 1.54) is 7.11 Å². The van der Waals surface area contributed by atoms with Crippen LogP contribution >= 0.6 is 0 Å². The molecule has 0 aliphatic carbocycles. The smallest absolute Gasteiger partial charge is 0.337 e. The highest BCUT2D eigenvalue weighted by atomic mass is 16.5. The number of rotatable bonds is 1. The molecule has 0 radical (unpaired) electrons. The maximum atomic E-state index is 11.3. The lowest BCUT2D eigenvalue weighted by Gasteiger charge is -2.07. The largest absolute Gasteiger partial charge is 0.465 e. The molecular weight excluding hydrogens is 208 g/mol. The number of anilines is 1. The van der Waals surface area contributed by atoms with Gasteiger partial charge in [0.1, 0.15) is 0 Å². The summed E-state index contributed by atoms with van der Waals surface area (Å²) in [5, 5.41) is 5.72. The standard InChI is InChI=1S/C11H12N2O3/c1-16-11(15)7-2-3-8-5-12-6-10(14)13-9(8)4-7/h2-4,12H,5-6H2,1H3,(H,13,14). The van der Waals surface area contributed by atoms with Crippen LogP contribution in [0.25, 0.3) is 0 Å². The van der Waals surface area contributed by atoms with E-state index in [2.05, 4.69) is 15.4 Å². The Balaban J connectivity index is 2.36. The van der Waals surface area contributed by atoms with Crippen molar-refractivity contribution in [3.05, 3.63) is 29.3 Å². The van der Waals surface area contributed by atoms with Gasteiger partial charge in [-0.1, -0.05) is 6.07 Å². The van der Waals surface area contributed by atoms with Crippen LogP contribution in [0.1, 0.15) is 15.9 Å². The summed E-state index contributed by atoms with van der Waals surface area (Å²) in [7, 11) is 1.33. The summed E-state index contributed by atoms with van der Waals surface area (Å²) in [4.78, 5) is 22.6. The van der Waals surface area contributed by atoms with Crippen LogP contribution in [0, 0.1) is 0 Å². The second-order valence-electron chi connectivity index (χ2n) is 3.52. The Morgan fingerprint density at radius 1 is 1.38 bits per heavy atom. The van der Waals surface area contributed by atoms with Crippen molar-refractivity contribution in [2.75, 3.05) is 19.0 Å². The minimum atomic E-state index is -0.408. The van der Waals surface area contributed by atoms with E-state index < -0.39 is 5.97 Å². The fraction of sp³-hybridized carbons (Fsp3) is 0.273. The molecule has 1 aliphatic heterocycles. The van der Waals surface area contributed by atoms with Gasteiger partial charge in [0.15, 0.2) is 0 Å². The predicted molar refractivity (Wildman–Crippen MR) is 58.1 cm³/mol. The molecule has 0 atom stereocenters. The minimum Gasteiger partial charge on any atom is -0.465 e. The number of methoxy groups -OCH3 is 1. The number of carbonyl (C=O) groups is 2. The van der Waals surface area contributed by atoms with Crippen molar-refractivity contribution in [2.45, 2.75) is 6.54 Å². The Morgan fingerprint density at radius 3 is 2.94 bits per heavy atom. The molecule has 0 fully saturated rings. The monoisotopic (exact) mass is 220 g/mol. The third-order valence-electron chi connectivity index (χ3n) is 2.41. The van der Waals surface area contributed by atoms with Gasteiger partial charge in [0.25, 0.3) is 0 Å². The first-order chi connectivity index (χ1) is 7.70. The molecule has 0 aromatic heterocycles. The van der Waals surface area contributed by atoms with Gasteiger partial charge in [-0.3, -0.25) is 4.79 Å². The zero-order valence-electron chi connectivity index (χ0n) is 8.87. The second kappa shape index (κ2) is 4.32. The third kappa shape index (κ3) is 2.04. The van der Waals surface area contributed by atoms with E-state index in [-0.39, 0.29) is 12.5 Å². The van der Waals surface area contributed by atoms with Gasteiger partial charge < -0.3 is 15.4 Å². The van der Waals surface area contributed by atoms with Crippen molar-refractivity contribution < 1.29 is 14.3 Å². The molecule has 1 aliphatic rings. The SMILES string of the molecule is COC(=O)c1ccc2c(c1)NC(=O)CNC2. The van der Waals surface area contributed by atoms with Crippen LogP contribution in [0.3, 0.4) is 0 Å². The van der Waals surface area contributed by atoms with Gasteiger partial charge in [0.2, 0.25) is 5.91 Å². The summed E-state index contributed by atoms with van der Waals surface area (Å²) in [5.41, 5.74) is 2.06. The molecule has 1 heterocycles. The zero-order chi connectivity index (χ0) is 11.5. The minimum absolute atomic E-state index is 0.110. The highest BCUT2D eigenvalue weighted by Gasteiger charge is 2.14. The third-order valence-corrected chi connectivity index (χ3v) is 2.41. The van der Waals surface area contributed by atoms with Gasteiger partial charge in [-0.05, 0) is 17.7 Å². The quantitative estimate of drug-likeness (QED) is 0.677. The molecule has 0 unspecified atom stereocenters.